The lowest BCUT2D eigenvalue weighted by atomic mass is 10.0. The number of nitrogens with zero attached hydrogens (tertiary/aromatic N) is 2. The van der Waals surface area contributed by atoms with E-state index in [4.69, 9.17) is 28.6 Å². The SMILES string of the molecule is CCCCCCCCCCCCCCCCCCOC[C@H](CO)OCc1cc(F)cc(C#N)c1.CCCCCCCCCCCCCCCCCCOC[C@H](CO[Si](C(C)C)(C(C)C)C(C)C)OCc1cc(F)cc(C#N)c1. The van der Waals surface area contributed by atoms with Crippen LogP contribution >= 0.6 is 0 Å². The van der Waals surface area contributed by atoms with E-state index in [0.717, 1.165) is 19.4 Å². The zero-order valence-corrected chi connectivity index (χ0v) is 52.3. The third-order valence-corrected chi connectivity index (χ3v) is 21.5. The lowest BCUT2D eigenvalue weighted by molar-refractivity contribution is -0.0503. The van der Waals surface area contributed by atoms with E-state index >= 15 is 0 Å². The van der Waals surface area contributed by atoms with Crippen LogP contribution in [0.1, 0.15) is 283 Å². The maximum absolute atomic E-state index is 14.0. The average molecular weight is 1110 g/mol. The summed E-state index contributed by atoms with van der Waals surface area (Å²) in [7, 11) is -2.06. The van der Waals surface area contributed by atoms with E-state index in [0.29, 0.717) is 59.7 Å². The third-order valence-electron chi connectivity index (χ3n) is 15.5. The monoisotopic (exact) mass is 1110 g/mol. The van der Waals surface area contributed by atoms with Gasteiger partial charge in [0.15, 0.2) is 8.32 Å². The van der Waals surface area contributed by atoms with Gasteiger partial charge in [-0.3, -0.25) is 0 Å². The smallest absolute Gasteiger partial charge is 0.200 e. The molecular weight excluding hydrogens is 995 g/mol. The van der Waals surface area contributed by atoms with Crippen molar-refractivity contribution in [1.82, 2.24) is 0 Å². The first-order valence-corrected chi connectivity index (χ1v) is 34.0. The topological polar surface area (TPSA) is 114 Å². The van der Waals surface area contributed by atoms with Crippen LogP contribution in [0.25, 0.3) is 0 Å². The minimum Gasteiger partial charge on any atom is -0.413 e. The van der Waals surface area contributed by atoms with Crippen LogP contribution in [0.5, 0.6) is 0 Å². The fourth-order valence-corrected chi connectivity index (χ4v) is 16.5. The van der Waals surface area contributed by atoms with E-state index in [9.17, 15) is 19.1 Å². The molecule has 0 aromatic heterocycles. The molecule has 0 saturated carbocycles. The van der Waals surface area contributed by atoms with Crippen molar-refractivity contribution in [1.29, 1.82) is 10.5 Å². The van der Waals surface area contributed by atoms with Crippen LogP contribution in [0.2, 0.25) is 16.6 Å². The lowest BCUT2D eigenvalue weighted by Crippen LogP contribution is -2.49. The van der Waals surface area contributed by atoms with Gasteiger partial charge in [0.1, 0.15) is 23.8 Å². The summed E-state index contributed by atoms with van der Waals surface area (Å²) in [6.07, 6.45) is 42.5. The molecule has 0 bridgehead atoms. The number of hydrogen-bond donors (Lipinski definition) is 1. The molecule has 0 heterocycles. The highest BCUT2D eigenvalue weighted by atomic mass is 28.4. The fraction of sp³-hybridized carbons (Fsp3) is 0.791. The van der Waals surface area contributed by atoms with E-state index in [2.05, 4.69) is 55.4 Å². The van der Waals surface area contributed by atoms with Gasteiger partial charge in [0.05, 0.1) is 62.9 Å². The molecule has 8 nitrogen and oxygen atoms in total. The van der Waals surface area contributed by atoms with Crippen LogP contribution in [-0.4, -0.2) is 65.3 Å². The summed E-state index contributed by atoms with van der Waals surface area (Å²) in [5.74, 6) is -0.876. The second-order valence-electron chi connectivity index (χ2n) is 23.4. The van der Waals surface area contributed by atoms with Crippen molar-refractivity contribution in [2.24, 2.45) is 0 Å². The molecule has 0 saturated heterocycles. The largest absolute Gasteiger partial charge is 0.413 e. The molecule has 0 aliphatic heterocycles. The molecule has 2 atom stereocenters. The Balaban J connectivity index is 0.000000806. The summed E-state index contributed by atoms with van der Waals surface area (Å²) in [5.41, 5.74) is 3.25. The number of hydrogen-bond acceptors (Lipinski definition) is 8. The number of rotatable bonds is 51. The molecule has 2 rings (SSSR count). The number of halogens is 2. The summed E-state index contributed by atoms with van der Waals surface area (Å²) >= 11 is 0. The first-order chi connectivity index (χ1) is 37.9. The predicted molar refractivity (Wildman–Crippen MR) is 324 cm³/mol. The molecule has 0 aliphatic carbocycles. The predicted octanol–water partition coefficient (Wildman–Crippen LogP) is 19.9. The summed E-state index contributed by atoms with van der Waals surface area (Å²) in [6.45, 7) is 21.1. The third kappa shape index (κ3) is 37.3. The maximum Gasteiger partial charge on any atom is 0.200 e. The Kier molecular flexibility index (Phi) is 47.0. The average Bonchev–Trinajstić information content (AvgIpc) is 3.44. The van der Waals surface area contributed by atoms with Crippen molar-refractivity contribution in [3.63, 3.8) is 0 Å². The van der Waals surface area contributed by atoms with E-state index in [1.807, 2.05) is 12.1 Å². The molecule has 2 aromatic rings. The Morgan fingerprint density at radius 2 is 0.718 bits per heavy atom. The molecule has 0 amide bonds. The minimum absolute atomic E-state index is 0.139. The highest BCUT2D eigenvalue weighted by Crippen LogP contribution is 2.42. The van der Waals surface area contributed by atoms with Crippen molar-refractivity contribution < 1.29 is 37.3 Å². The van der Waals surface area contributed by atoms with Gasteiger partial charge in [-0.2, -0.15) is 10.5 Å². The quantitative estimate of drug-likeness (QED) is 0.0515. The molecule has 78 heavy (non-hydrogen) atoms. The van der Waals surface area contributed by atoms with Gasteiger partial charge in [-0.15, -0.1) is 0 Å². The van der Waals surface area contributed by atoms with Gasteiger partial charge in [0.2, 0.25) is 0 Å². The summed E-state index contributed by atoms with van der Waals surface area (Å²) in [5, 5.41) is 27.6. The Hall–Kier alpha value is -2.74. The van der Waals surface area contributed by atoms with Gasteiger partial charge in [-0.1, -0.05) is 248 Å². The maximum atomic E-state index is 14.0. The van der Waals surface area contributed by atoms with Crippen LogP contribution in [-0.2, 0) is 36.6 Å². The molecule has 0 aliphatic rings. The molecule has 0 spiro atoms. The standard InChI is InChI=1S/C38H68FNO3Si.C29H48FNO3/c1-8-9-10-11-12-13-14-15-16-17-18-19-20-21-22-23-24-41-30-38(31-43-44(32(2)3,33(4)5)34(6)7)42-29-36-25-35(28-40)26-37(39)27-36;1-2-3-4-5-6-7-8-9-10-11-12-13-14-15-16-17-18-33-25-29(23-32)34-24-27-19-26(22-31)20-28(30)21-27/h25-27,32-34,38H,8-24,29-31H2,1-7H3;19-21,29,32H,2-18,23-25H2,1H3/t38-;29-/m10/s1. The van der Waals surface area contributed by atoms with Gasteiger partial charge in [-0.05, 0) is 77.0 Å². The van der Waals surface area contributed by atoms with Crippen molar-refractivity contribution in [2.45, 2.75) is 303 Å². The molecule has 1 N–H and O–H groups in total. The van der Waals surface area contributed by atoms with E-state index in [-0.39, 0.29) is 31.5 Å². The summed E-state index contributed by atoms with van der Waals surface area (Å²) in [4.78, 5) is 0. The van der Waals surface area contributed by atoms with Crippen molar-refractivity contribution in [3.8, 4) is 12.1 Å². The van der Waals surface area contributed by atoms with Gasteiger partial charge < -0.3 is 28.5 Å². The molecule has 0 unspecified atom stereocenters. The zero-order valence-electron chi connectivity index (χ0n) is 51.3. The van der Waals surface area contributed by atoms with Crippen molar-refractivity contribution in [2.75, 3.05) is 39.6 Å². The molecule has 0 radical (unpaired) electrons. The van der Waals surface area contributed by atoms with Crippen LogP contribution in [0.15, 0.2) is 36.4 Å². The number of unbranched alkanes of at least 4 members (excludes halogenated alkanes) is 30. The van der Waals surface area contributed by atoms with Crippen LogP contribution in [0.3, 0.4) is 0 Å². The number of aliphatic hydroxyl groups excluding tert-OH is 1. The first kappa shape index (κ1) is 73.3. The van der Waals surface area contributed by atoms with Crippen LogP contribution < -0.4 is 0 Å². The minimum atomic E-state index is -2.06. The molecule has 0 fully saturated rings. The highest BCUT2D eigenvalue weighted by molar-refractivity contribution is 6.77. The van der Waals surface area contributed by atoms with E-state index in [1.165, 1.54) is 217 Å². The Bertz CT molecular complexity index is 1760. The first-order valence-electron chi connectivity index (χ1n) is 31.9. The molecule has 448 valence electrons. The Labute approximate surface area is 479 Å². The van der Waals surface area contributed by atoms with Gasteiger partial charge in [-0.25, -0.2) is 8.78 Å². The molecule has 2 aromatic carbocycles. The van der Waals surface area contributed by atoms with Gasteiger partial charge in [0, 0.05) is 13.2 Å². The normalized spacial score (nSPS) is 12.5. The number of benzene rings is 2. The summed E-state index contributed by atoms with van der Waals surface area (Å²) < 4.78 is 57.9. The second-order valence-corrected chi connectivity index (χ2v) is 28.8. The van der Waals surface area contributed by atoms with Crippen molar-refractivity contribution >= 4 is 8.32 Å². The number of ether oxygens (including phenoxy) is 4. The summed E-state index contributed by atoms with van der Waals surface area (Å²) in [6, 6.07) is 12.4. The van der Waals surface area contributed by atoms with E-state index in [1.54, 1.807) is 12.1 Å². The number of nitriles is 2. The lowest BCUT2D eigenvalue weighted by Gasteiger charge is -2.43. The van der Waals surface area contributed by atoms with Gasteiger partial charge in [0.25, 0.3) is 0 Å². The number of aliphatic hydroxyl groups is 1. The molecular formula is C67H116F2N2O6Si. The highest BCUT2D eigenvalue weighted by Gasteiger charge is 2.45. The van der Waals surface area contributed by atoms with Crippen LogP contribution in [0.4, 0.5) is 8.78 Å². The Morgan fingerprint density at radius 1 is 0.423 bits per heavy atom. The zero-order chi connectivity index (χ0) is 57.3. The Morgan fingerprint density at radius 3 is 1.01 bits per heavy atom. The molecule has 11 heteroatoms. The van der Waals surface area contributed by atoms with Gasteiger partial charge >= 0.3 is 0 Å². The van der Waals surface area contributed by atoms with Crippen LogP contribution in [0, 0.1) is 34.3 Å². The van der Waals surface area contributed by atoms with E-state index < -0.39 is 26.1 Å². The van der Waals surface area contributed by atoms with Crippen molar-refractivity contribution in [3.05, 3.63) is 70.3 Å². The fourth-order valence-electron chi connectivity index (χ4n) is 11.0. The second kappa shape index (κ2) is 50.0.